The van der Waals surface area contributed by atoms with Crippen LogP contribution in [0.5, 0.6) is 0 Å². The molecule has 4 nitrogen and oxygen atoms in total. The molecule has 0 aliphatic rings. The Morgan fingerprint density at radius 1 is 1.35 bits per heavy atom. The zero-order valence-corrected chi connectivity index (χ0v) is 14.6. The Hall–Kier alpha value is 0.310. The molecule has 0 spiro atoms. The highest BCUT2D eigenvalue weighted by atomic mass is 127. The van der Waals surface area contributed by atoms with E-state index in [-0.39, 0.29) is 28.7 Å². The minimum atomic E-state index is 0. The number of guanidine groups is 1. The lowest BCUT2D eigenvalue weighted by molar-refractivity contribution is 0.195. The van der Waals surface area contributed by atoms with Gasteiger partial charge < -0.3 is 15.4 Å². The first-order valence-electron chi connectivity index (χ1n) is 5.54. The van der Waals surface area contributed by atoms with Gasteiger partial charge in [0.15, 0.2) is 5.96 Å². The van der Waals surface area contributed by atoms with E-state index in [9.17, 15) is 0 Å². The maximum Gasteiger partial charge on any atom is 0.191 e. The maximum atomic E-state index is 4.99. The van der Waals surface area contributed by atoms with Crippen LogP contribution in [0.25, 0.3) is 0 Å². The molecule has 0 amide bonds. The average molecular weight is 375 g/mol. The number of ether oxygens (including phenoxy) is 1. The molecule has 104 valence electrons. The third-order valence-electron chi connectivity index (χ3n) is 2.28. The Bertz CT molecular complexity index is 213. The molecule has 0 heterocycles. The highest BCUT2D eigenvalue weighted by Gasteiger charge is 2.15. The van der Waals surface area contributed by atoms with Gasteiger partial charge in [-0.25, -0.2) is 0 Å². The molecule has 2 N–H and O–H groups in total. The molecule has 0 atom stereocenters. The maximum absolute atomic E-state index is 4.99. The summed E-state index contributed by atoms with van der Waals surface area (Å²) in [7, 11) is 3.51. The summed E-state index contributed by atoms with van der Waals surface area (Å²) < 4.78 is 5.21. The van der Waals surface area contributed by atoms with Crippen molar-refractivity contribution in [3.8, 4) is 0 Å². The smallest absolute Gasteiger partial charge is 0.191 e. The number of halogens is 1. The van der Waals surface area contributed by atoms with Gasteiger partial charge in [0.05, 0.1) is 0 Å². The van der Waals surface area contributed by atoms with Crippen molar-refractivity contribution in [3.05, 3.63) is 0 Å². The molecule has 0 saturated heterocycles. The van der Waals surface area contributed by atoms with Crippen LogP contribution in [0.15, 0.2) is 4.99 Å². The fraction of sp³-hybridized carbons (Fsp3) is 0.909. The summed E-state index contributed by atoms with van der Waals surface area (Å²) in [5.41, 5.74) is 0. The van der Waals surface area contributed by atoms with Gasteiger partial charge in [0.2, 0.25) is 0 Å². The highest BCUT2D eigenvalue weighted by molar-refractivity contribution is 14.0. The number of nitrogens with zero attached hydrogens (tertiary/aromatic N) is 1. The topological polar surface area (TPSA) is 45.7 Å². The average Bonchev–Trinajstić information content (AvgIpc) is 2.28. The van der Waals surface area contributed by atoms with Gasteiger partial charge in [-0.3, -0.25) is 4.99 Å². The number of rotatable bonds is 7. The van der Waals surface area contributed by atoms with E-state index in [1.807, 2.05) is 11.8 Å². The van der Waals surface area contributed by atoms with Gasteiger partial charge in [-0.2, -0.15) is 11.8 Å². The van der Waals surface area contributed by atoms with E-state index in [4.69, 9.17) is 4.74 Å². The van der Waals surface area contributed by atoms with Crippen LogP contribution in [-0.4, -0.2) is 50.8 Å². The van der Waals surface area contributed by atoms with Crippen molar-refractivity contribution in [2.24, 2.45) is 4.99 Å². The van der Waals surface area contributed by atoms with Crippen molar-refractivity contribution in [1.82, 2.24) is 10.6 Å². The summed E-state index contributed by atoms with van der Waals surface area (Å²) in [6.45, 7) is 6.98. The van der Waals surface area contributed by atoms with Crippen molar-refractivity contribution in [2.45, 2.75) is 25.0 Å². The summed E-state index contributed by atoms with van der Waals surface area (Å²) >= 11 is 1.85. The molecule has 0 aromatic heterocycles. The molecule has 17 heavy (non-hydrogen) atoms. The van der Waals surface area contributed by atoms with Gasteiger partial charge in [0, 0.05) is 38.6 Å². The molecule has 6 heteroatoms. The third-order valence-corrected chi connectivity index (χ3v) is 3.52. The monoisotopic (exact) mass is 375 g/mol. The summed E-state index contributed by atoms with van der Waals surface area (Å²) in [6.07, 6.45) is 3.11. The van der Waals surface area contributed by atoms with Gasteiger partial charge in [-0.1, -0.05) is 0 Å². The third kappa shape index (κ3) is 11.1. The second-order valence-corrected chi connectivity index (χ2v) is 5.68. The minimum Gasteiger partial charge on any atom is -0.385 e. The first-order valence-corrected chi connectivity index (χ1v) is 6.77. The van der Waals surface area contributed by atoms with Crippen LogP contribution >= 0.6 is 35.7 Å². The Labute approximate surface area is 127 Å². The van der Waals surface area contributed by atoms with Gasteiger partial charge in [0.25, 0.3) is 0 Å². The van der Waals surface area contributed by atoms with Crippen molar-refractivity contribution in [1.29, 1.82) is 0 Å². The van der Waals surface area contributed by atoms with Crippen molar-refractivity contribution in [2.75, 3.05) is 40.1 Å². The molecule has 0 radical (unpaired) electrons. The number of aliphatic imine (C=N–C) groups is 1. The molecule has 0 saturated carbocycles. The first kappa shape index (κ1) is 19.6. The predicted octanol–water partition coefficient (Wildman–Crippen LogP) is 1.95. The van der Waals surface area contributed by atoms with Crippen LogP contribution in [0, 0.1) is 0 Å². The van der Waals surface area contributed by atoms with E-state index >= 15 is 0 Å². The summed E-state index contributed by atoms with van der Waals surface area (Å²) in [5.74, 6) is 0.859. The summed E-state index contributed by atoms with van der Waals surface area (Å²) in [6, 6.07) is 0. The van der Waals surface area contributed by atoms with E-state index in [0.29, 0.717) is 0 Å². The Morgan fingerprint density at radius 2 is 2.00 bits per heavy atom. The zero-order valence-electron chi connectivity index (χ0n) is 11.5. The van der Waals surface area contributed by atoms with Crippen LogP contribution in [0.1, 0.15) is 20.3 Å². The highest BCUT2D eigenvalue weighted by Crippen LogP contribution is 2.19. The quantitative estimate of drug-likeness (QED) is 0.309. The SMILES string of the molecule is CN=C(NCCCOC)NCC(C)(C)SC.I. The molecular formula is C11H26IN3OS. The number of hydrogen-bond donors (Lipinski definition) is 2. The standard InChI is InChI=1S/C11H25N3OS.HI/c1-11(2,16-5)9-14-10(12-3)13-7-6-8-15-4;/h6-9H2,1-5H3,(H2,12,13,14);1H. The van der Waals surface area contributed by atoms with Gasteiger partial charge in [-0.05, 0) is 26.5 Å². The van der Waals surface area contributed by atoms with E-state index in [2.05, 4.69) is 35.7 Å². The van der Waals surface area contributed by atoms with Crippen LogP contribution in [0.4, 0.5) is 0 Å². The zero-order chi connectivity index (χ0) is 12.4. The Morgan fingerprint density at radius 3 is 2.47 bits per heavy atom. The van der Waals surface area contributed by atoms with E-state index in [0.717, 1.165) is 32.1 Å². The molecule has 0 aliphatic carbocycles. The lowest BCUT2D eigenvalue weighted by Gasteiger charge is -2.23. The minimum absolute atomic E-state index is 0. The van der Waals surface area contributed by atoms with E-state index in [1.165, 1.54) is 0 Å². The Kier molecular flexibility index (Phi) is 13.2. The predicted molar refractivity (Wildman–Crippen MR) is 88.9 cm³/mol. The molecule has 0 fully saturated rings. The molecule has 0 aliphatic heterocycles. The summed E-state index contributed by atoms with van der Waals surface area (Å²) in [5, 5.41) is 6.57. The molecular weight excluding hydrogens is 349 g/mol. The van der Waals surface area contributed by atoms with Crippen LogP contribution < -0.4 is 10.6 Å². The second-order valence-electron chi connectivity index (χ2n) is 4.16. The summed E-state index contributed by atoms with van der Waals surface area (Å²) in [4.78, 5) is 4.17. The van der Waals surface area contributed by atoms with E-state index in [1.54, 1.807) is 14.2 Å². The Balaban J connectivity index is 0. The fourth-order valence-electron chi connectivity index (χ4n) is 1.01. The van der Waals surface area contributed by atoms with Crippen molar-refractivity contribution >= 4 is 41.7 Å². The van der Waals surface area contributed by atoms with Crippen molar-refractivity contribution in [3.63, 3.8) is 0 Å². The number of thioether (sulfide) groups is 1. The molecule has 0 rings (SSSR count). The number of nitrogens with one attached hydrogen (secondary N) is 2. The molecule has 0 unspecified atom stereocenters. The number of hydrogen-bond acceptors (Lipinski definition) is 3. The van der Waals surface area contributed by atoms with Gasteiger partial charge >= 0.3 is 0 Å². The molecule has 0 aromatic rings. The van der Waals surface area contributed by atoms with Crippen LogP contribution in [0.2, 0.25) is 0 Å². The molecule has 0 aromatic carbocycles. The lowest BCUT2D eigenvalue weighted by Crippen LogP contribution is -2.43. The number of methoxy groups -OCH3 is 1. The van der Waals surface area contributed by atoms with Gasteiger partial charge in [-0.15, -0.1) is 24.0 Å². The van der Waals surface area contributed by atoms with Crippen LogP contribution in [0.3, 0.4) is 0 Å². The van der Waals surface area contributed by atoms with Crippen LogP contribution in [-0.2, 0) is 4.74 Å². The van der Waals surface area contributed by atoms with Crippen molar-refractivity contribution < 1.29 is 4.74 Å². The lowest BCUT2D eigenvalue weighted by atomic mass is 10.2. The molecule has 0 bridgehead atoms. The fourth-order valence-corrected chi connectivity index (χ4v) is 1.23. The first-order chi connectivity index (χ1) is 7.55. The largest absolute Gasteiger partial charge is 0.385 e. The normalized spacial score (nSPS) is 11.9. The van der Waals surface area contributed by atoms with Gasteiger partial charge in [0.1, 0.15) is 0 Å². The second kappa shape index (κ2) is 11.4. The van der Waals surface area contributed by atoms with E-state index < -0.39 is 0 Å².